The molecule has 0 aliphatic carbocycles. The van der Waals surface area contributed by atoms with Gasteiger partial charge in [0, 0.05) is 13.1 Å². The Morgan fingerprint density at radius 1 is 0.818 bits per heavy atom. The van der Waals surface area contributed by atoms with Gasteiger partial charge in [0.1, 0.15) is 0 Å². The second-order valence-electron chi connectivity index (χ2n) is 5.01. The van der Waals surface area contributed by atoms with Gasteiger partial charge in [0.25, 0.3) is 0 Å². The van der Waals surface area contributed by atoms with Crippen molar-refractivity contribution in [3.8, 4) is 0 Å². The van der Waals surface area contributed by atoms with Crippen LogP contribution in [-0.4, -0.2) is 78.9 Å². The molecule has 0 saturated heterocycles. The highest BCUT2D eigenvalue weighted by Gasteiger charge is 2.40. The van der Waals surface area contributed by atoms with E-state index in [1.54, 1.807) is 0 Å². The number of rotatable bonds is 11. The van der Waals surface area contributed by atoms with Gasteiger partial charge in [0.05, 0.1) is 19.4 Å². The maximum atomic E-state index is 11.2. The van der Waals surface area contributed by atoms with E-state index in [4.69, 9.17) is 35.1 Å². The second kappa shape index (κ2) is 8.43. The number of nitrogens with zero attached hydrogens (tertiary/aromatic N) is 1. The third-order valence-electron chi connectivity index (χ3n) is 2.65. The first-order chi connectivity index (χ1) is 9.68. The van der Waals surface area contributed by atoms with Crippen molar-refractivity contribution >= 4 is 22.8 Å². The number of hydrogen-bond donors (Lipinski definition) is 8. The summed E-state index contributed by atoms with van der Waals surface area (Å²) in [5, 5.41) is 2.39. The molecule has 0 aromatic rings. The Balaban J connectivity index is 5.06. The lowest BCUT2D eigenvalue weighted by Gasteiger charge is -2.38. The molecule has 0 aromatic carbocycles. The van der Waals surface area contributed by atoms with E-state index in [0.717, 1.165) is 0 Å². The van der Waals surface area contributed by atoms with Crippen LogP contribution in [0.5, 0.6) is 0 Å². The van der Waals surface area contributed by atoms with Crippen LogP contribution >= 0.6 is 22.8 Å². The Morgan fingerprint density at radius 2 is 1.27 bits per heavy atom. The van der Waals surface area contributed by atoms with Crippen LogP contribution in [-0.2, 0) is 13.7 Å². The maximum absolute atomic E-state index is 11.2. The van der Waals surface area contributed by atoms with E-state index in [-0.39, 0.29) is 26.2 Å². The fourth-order valence-electron chi connectivity index (χ4n) is 2.04. The molecule has 0 amide bonds. The Bertz CT molecular complexity index is 459. The summed E-state index contributed by atoms with van der Waals surface area (Å²) in [4.78, 5) is 53.9. The zero-order valence-electron chi connectivity index (χ0n) is 11.7. The zero-order chi connectivity index (χ0) is 17.7. The van der Waals surface area contributed by atoms with E-state index in [1.807, 2.05) is 0 Å². The molecule has 0 fully saturated rings. The van der Waals surface area contributed by atoms with Crippen molar-refractivity contribution < 1.29 is 47.5 Å². The van der Waals surface area contributed by atoms with Crippen molar-refractivity contribution in [3.63, 3.8) is 0 Å². The second-order valence-corrected chi connectivity index (χ2v) is 9.88. The normalized spacial score (nSPS) is 14.3. The first kappa shape index (κ1) is 22.3. The quantitative estimate of drug-likeness (QED) is 0.108. The van der Waals surface area contributed by atoms with Gasteiger partial charge < -0.3 is 44.9 Å². The summed E-state index contributed by atoms with van der Waals surface area (Å²) >= 11 is 0. The summed E-state index contributed by atoms with van der Waals surface area (Å²) in [6, 6.07) is 0. The molecule has 0 bridgehead atoms. The monoisotopic (exact) mass is 386 g/mol. The van der Waals surface area contributed by atoms with Crippen LogP contribution in [0.4, 0.5) is 0 Å². The van der Waals surface area contributed by atoms with Crippen molar-refractivity contribution in [2.75, 3.05) is 45.0 Å². The molecule has 9 N–H and O–H groups in total. The Morgan fingerprint density at radius 3 is 1.59 bits per heavy atom. The highest BCUT2D eigenvalue weighted by Crippen LogP contribution is 2.44. The molecule has 22 heavy (non-hydrogen) atoms. The standard InChI is InChI=1S/C7H22N3O9P3/c8-1-3-10(6-21(14,15)16,7-22(17,18)19)4-2-9-5-20(11,12)13/h9H,1-8H2,(H5-,11,12,13,14,15,16,17,18,19)/p+1. The molecule has 0 aliphatic heterocycles. The highest BCUT2D eigenvalue weighted by molar-refractivity contribution is 7.52. The van der Waals surface area contributed by atoms with Crippen LogP contribution in [0, 0.1) is 0 Å². The van der Waals surface area contributed by atoms with E-state index in [9.17, 15) is 13.7 Å². The van der Waals surface area contributed by atoms with Gasteiger partial charge in [-0.3, -0.25) is 13.7 Å². The van der Waals surface area contributed by atoms with Gasteiger partial charge in [-0.1, -0.05) is 0 Å². The van der Waals surface area contributed by atoms with Gasteiger partial charge in [-0.2, -0.15) is 0 Å². The summed E-state index contributed by atoms with van der Waals surface area (Å²) in [5.41, 5.74) is 5.36. The number of nitrogens with one attached hydrogen (secondary N) is 1. The summed E-state index contributed by atoms with van der Waals surface area (Å²) in [7, 11) is -13.5. The molecule has 0 atom stereocenters. The van der Waals surface area contributed by atoms with Gasteiger partial charge >= 0.3 is 22.8 Å². The fourth-order valence-corrected chi connectivity index (χ4v) is 4.97. The number of quaternary nitrogens is 1. The molecular weight excluding hydrogens is 363 g/mol. The van der Waals surface area contributed by atoms with Crippen molar-refractivity contribution in [1.29, 1.82) is 0 Å². The van der Waals surface area contributed by atoms with E-state index in [0.29, 0.717) is 0 Å². The number of nitrogens with two attached hydrogens (primary N) is 1. The van der Waals surface area contributed by atoms with E-state index < -0.39 is 46.1 Å². The summed E-state index contributed by atoms with van der Waals surface area (Å²) in [6.45, 7) is -0.440. The van der Waals surface area contributed by atoms with Crippen molar-refractivity contribution in [2.45, 2.75) is 0 Å². The molecule has 0 heterocycles. The summed E-state index contributed by atoms with van der Waals surface area (Å²) < 4.78 is 32.5. The fraction of sp³-hybridized carbons (Fsp3) is 1.00. The number of hydrogen-bond acceptors (Lipinski definition) is 5. The average molecular weight is 386 g/mol. The minimum atomic E-state index is -4.59. The Labute approximate surface area is 127 Å². The van der Waals surface area contributed by atoms with Gasteiger partial charge in [0.15, 0.2) is 12.6 Å². The van der Waals surface area contributed by atoms with Gasteiger partial charge in [-0.25, -0.2) is 0 Å². The van der Waals surface area contributed by atoms with Crippen LogP contribution < -0.4 is 11.1 Å². The van der Waals surface area contributed by atoms with E-state index >= 15 is 0 Å². The smallest absolute Gasteiger partial charge is 0.326 e. The summed E-state index contributed by atoms with van der Waals surface area (Å²) in [5.74, 6) is 0. The molecule has 0 spiro atoms. The summed E-state index contributed by atoms with van der Waals surface area (Å²) in [6.07, 6.45) is -2.30. The molecule has 12 nitrogen and oxygen atoms in total. The Kier molecular flexibility index (Phi) is 8.56. The third-order valence-corrected chi connectivity index (χ3v) is 5.23. The molecule has 134 valence electrons. The van der Waals surface area contributed by atoms with Crippen molar-refractivity contribution in [3.05, 3.63) is 0 Å². The first-order valence-corrected chi connectivity index (χ1v) is 11.5. The van der Waals surface area contributed by atoms with Crippen molar-refractivity contribution in [2.24, 2.45) is 5.73 Å². The molecule has 0 saturated carbocycles. The predicted octanol–water partition coefficient (Wildman–Crippen LogP) is -2.24. The maximum Gasteiger partial charge on any atom is 0.379 e. The molecule has 15 heteroatoms. The lowest BCUT2D eigenvalue weighted by Crippen LogP contribution is -2.54. The van der Waals surface area contributed by atoms with Gasteiger partial charge in [-0.15, -0.1) is 0 Å². The van der Waals surface area contributed by atoms with E-state index in [1.165, 1.54) is 0 Å². The molecule has 0 aromatic heterocycles. The SMILES string of the molecule is NCC[N+](CCNCP(=O)(O)O)(CP(=O)(O)O)CP(=O)(O)O. The van der Waals surface area contributed by atoms with Crippen LogP contribution in [0.2, 0.25) is 0 Å². The molecule has 0 radical (unpaired) electrons. The molecule has 0 aliphatic rings. The highest BCUT2D eigenvalue weighted by atomic mass is 31.2. The van der Waals surface area contributed by atoms with E-state index in [2.05, 4.69) is 5.32 Å². The van der Waals surface area contributed by atoms with Crippen LogP contribution in [0.1, 0.15) is 0 Å². The Hall–Kier alpha value is 0.330. The first-order valence-electron chi connectivity index (χ1n) is 6.08. The zero-order valence-corrected chi connectivity index (χ0v) is 14.4. The minimum Gasteiger partial charge on any atom is -0.326 e. The predicted molar refractivity (Wildman–Crippen MR) is 77.8 cm³/mol. The molecule has 0 unspecified atom stereocenters. The third kappa shape index (κ3) is 11.8. The largest absolute Gasteiger partial charge is 0.379 e. The lowest BCUT2D eigenvalue weighted by atomic mass is 10.4. The topological polar surface area (TPSA) is 211 Å². The molecular formula is C7H23N3O9P3+. The van der Waals surface area contributed by atoms with Crippen LogP contribution in [0.15, 0.2) is 0 Å². The lowest BCUT2D eigenvalue weighted by molar-refractivity contribution is -0.905. The van der Waals surface area contributed by atoms with Gasteiger partial charge in [0.2, 0.25) is 0 Å². The average Bonchev–Trinajstić information content (AvgIpc) is 2.18. The minimum absolute atomic E-state index is 0.0709. The van der Waals surface area contributed by atoms with Crippen molar-refractivity contribution in [1.82, 2.24) is 5.32 Å². The van der Waals surface area contributed by atoms with Crippen LogP contribution in [0.25, 0.3) is 0 Å². The molecule has 0 rings (SSSR count). The van der Waals surface area contributed by atoms with Crippen LogP contribution in [0.3, 0.4) is 0 Å². The van der Waals surface area contributed by atoms with Gasteiger partial charge in [-0.05, 0) is 0 Å².